The molecule has 7 heteroatoms. The average molecular weight is 447 g/mol. The summed E-state index contributed by atoms with van der Waals surface area (Å²) in [6.45, 7) is 18.3. The average Bonchev–Trinajstić information content (AvgIpc) is 2.87. The highest BCUT2D eigenvalue weighted by molar-refractivity contribution is 6.62. The Hall–Kier alpha value is -1.57. The van der Waals surface area contributed by atoms with E-state index >= 15 is 0 Å². The van der Waals surface area contributed by atoms with E-state index in [9.17, 15) is 15.0 Å². The molecule has 0 aromatic heterocycles. The Morgan fingerprint density at radius 2 is 1.56 bits per heavy atom. The van der Waals surface area contributed by atoms with Crippen LogP contribution in [0.25, 0.3) is 0 Å². The molecule has 0 spiro atoms. The Labute approximate surface area is 194 Å². The van der Waals surface area contributed by atoms with Gasteiger partial charge in [0, 0.05) is 6.54 Å². The molecule has 0 unspecified atom stereocenters. The SMILES string of the molecule is CC(C)[C@H](CCN(C(=O)O)[C@@H](C)c1ccc(B2OC(C)(C)C(C)(C)O2)cc1)CC(C)(C)O. The Morgan fingerprint density at radius 1 is 1.06 bits per heavy atom. The molecule has 32 heavy (non-hydrogen) atoms. The van der Waals surface area contributed by atoms with Gasteiger partial charge in [-0.1, -0.05) is 38.1 Å². The molecule has 0 bridgehead atoms. The third-order valence-electron chi connectivity index (χ3n) is 7.10. The lowest BCUT2D eigenvalue weighted by atomic mass is 9.78. The monoisotopic (exact) mass is 447 g/mol. The first-order chi connectivity index (χ1) is 14.5. The maximum absolute atomic E-state index is 12.0. The van der Waals surface area contributed by atoms with E-state index in [-0.39, 0.29) is 12.0 Å². The van der Waals surface area contributed by atoms with Crippen molar-refractivity contribution in [1.29, 1.82) is 0 Å². The lowest BCUT2D eigenvalue weighted by Gasteiger charge is -2.32. The number of amides is 1. The third kappa shape index (κ3) is 6.49. The molecule has 2 rings (SSSR count). The van der Waals surface area contributed by atoms with E-state index in [4.69, 9.17) is 9.31 Å². The van der Waals surface area contributed by atoms with Gasteiger partial charge >= 0.3 is 13.2 Å². The molecule has 6 nitrogen and oxygen atoms in total. The Morgan fingerprint density at radius 3 is 1.97 bits per heavy atom. The topological polar surface area (TPSA) is 79.2 Å². The largest absolute Gasteiger partial charge is 0.494 e. The van der Waals surface area contributed by atoms with Gasteiger partial charge in [-0.2, -0.15) is 0 Å². The summed E-state index contributed by atoms with van der Waals surface area (Å²) in [6, 6.07) is 7.54. The van der Waals surface area contributed by atoms with Crippen molar-refractivity contribution in [3.8, 4) is 0 Å². The summed E-state index contributed by atoms with van der Waals surface area (Å²) in [6.07, 6.45) is 0.429. The van der Waals surface area contributed by atoms with Crippen molar-refractivity contribution in [3.05, 3.63) is 29.8 Å². The fraction of sp³-hybridized carbons (Fsp3) is 0.720. The predicted molar refractivity (Wildman–Crippen MR) is 129 cm³/mol. The van der Waals surface area contributed by atoms with Gasteiger partial charge in [-0.15, -0.1) is 0 Å². The van der Waals surface area contributed by atoms with Gasteiger partial charge in [-0.3, -0.25) is 0 Å². The molecule has 0 saturated carbocycles. The standard InChI is InChI=1S/C25H42BNO5/c1-17(2)20(16-23(4,5)30)14-15-27(22(28)29)18(3)19-10-12-21(13-11-19)26-31-24(6,7)25(8,9)32-26/h10-13,17-18,20,30H,14-16H2,1-9H3,(H,28,29)/t18-,20+/m0/s1. The van der Waals surface area contributed by atoms with Gasteiger partial charge in [0.1, 0.15) is 0 Å². The molecule has 0 aliphatic carbocycles. The number of carboxylic acid groups (broad SMARTS) is 1. The molecule has 0 radical (unpaired) electrons. The van der Waals surface area contributed by atoms with Gasteiger partial charge in [0.2, 0.25) is 0 Å². The zero-order valence-electron chi connectivity index (χ0n) is 21.3. The molecule has 2 N–H and O–H groups in total. The minimum Gasteiger partial charge on any atom is -0.465 e. The van der Waals surface area contributed by atoms with Gasteiger partial charge in [0.15, 0.2) is 0 Å². The zero-order chi connectivity index (χ0) is 24.5. The summed E-state index contributed by atoms with van der Waals surface area (Å²) >= 11 is 0. The summed E-state index contributed by atoms with van der Waals surface area (Å²) in [5.41, 5.74) is 0.278. The highest BCUT2D eigenvalue weighted by Crippen LogP contribution is 2.36. The second-order valence-corrected chi connectivity index (χ2v) is 11.2. The van der Waals surface area contributed by atoms with Gasteiger partial charge in [-0.25, -0.2) is 4.79 Å². The summed E-state index contributed by atoms with van der Waals surface area (Å²) in [5.74, 6) is 0.612. The molecule has 1 saturated heterocycles. The van der Waals surface area contributed by atoms with Crippen molar-refractivity contribution in [1.82, 2.24) is 4.90 Å². The van der Waals surface area contributed by atoms with Crippen LogP contribution in [0.15, 0.2) is 24.3 Å². The van der Waals surface area contributed by atoms with E-state index in [1.54, 1.807) is 0 Å². The fourth-order valence-corrected chi connectivity index (χ4v) is 4.16. The van der Waals surface area contributed by atoms with E-state index in [2.05, 4.69) is 13.8 Å². The Balaban J connectivity index is 2.10. The summed E-state index contributed by atoms with van der Waals surface area (Å²) in [7, 11) is -0.437. The molecule has 1 heterocycles. The predicted octanol–water partition coefficient (Wildman–Crippen LogP) is 4.85. The van der Waals surface area contributed by atoms with Crippen molar-refractivity contribution in [3.63, 3.8) is 0 Å². The number of aliphatic hydroxyl groups is 1. The molecule has 180 valence electrons. The van der Waals surface area contributed by atoms with Gasteiger partial charge in [-0.05, 0) is 84.2 Å². The van der Waals surface area contributed by atoms with Crippen molar-refractivity contribution >= 4 is 18.7 Å². The van der Waals surface area contributed by atoms with Gasteiger partial charge in [0.05, 0.1) is 22.8 Å². The number of benzene rings is 1. The number of hydrogen-bond donors (Lipinski definition) is 2. The number of nitrogens with zero attached hydrogens (tertiary/aromatic N) is 1. The number of hydrogen-bond acceptors (Lipinski definition) is 4. The third-order valence-corrected chi connectivity index (χ3v) is 7.10. The second kappa shape index (κ2) is 9.74. The molecule has 1 aromatic carbocycles. The van der Waals surface area contributed by atoms with Gasteiger partial charge in [0.25, 0.3) is 0 Å². The molecule has 1 aliphatic heterocycles. The Bertz CT molecular complexity index is 754. The molecular formula is C25H42BNO5. The van der Waals surface area contributed by atoms with Crippen LogP contribution in [0, 0.1) is 11.8 Å². The number of rotatable bonds is 9. The minimum absolute atomic E-state index is 0.245. The van der Waals surface area contributed by atoms with Crippen LogP contribution in [-0.2, 0) is 9.31 Å². The fourth-order valence-electron chi connectivity index (χ4n) is 4.16. The molecule has 1 amide bonds. The van der Waals surface area contributed by atoms with Crippen molar-refractivity contribution in [2.75, 3.05) is 6.54 Å². The molecule has 1 aromatic rings. The highest BCUT2D eigenvalue weighted by Gasteiger charge is 2.51. The second-order valence-electron chi connectivity index (χ2n) is 11.2. The maximum Gasteiger partial charge on any atom is 0.494 e. The summed E-state index contributed by atoms with van der Waals surface area (Å²) in [5, 5.41) is 20.1. The zero-order valence-corrected chi connectivity index (χ0v) is 21.3. The molecule has 1 aliphatic rings. The van der Waals surface area contributed by atoms with E-state index in [1.165, 1.54) is 4.90 Å². The van der Waals surface area contributed by atoms with E-state index in [0.29, 0.717) is 25.3 Å². The van der Waals surface area contributed by atoms with Crippen molar-refractivity contribution in [2.24, 2.45) is 11.8 Å². The van der Waals surface area contributed by atoms with E-state index in [0.717, 1.165) is 11.0 Å². The minimum atomic E-state index is -0.932. The smallest absolute Gasteiger partial charge is 0.465 e. The normalized spacial score (nSPS) is 19.8. The number of carbonyl (C=O) groups is 1. The van der Waals surface area contributed by atoms with E-state index < -0.39 is 30.0 Å². The highest BCUT2D eigenvalue weighted by atomic mass is 16.7. The quantitative estimate of drug-likeness (QED) is 0.529. The molecule has 2 atom stereocenters. The van der Waals surface area contributed by atoms with Crippen LogP contribution in [0.5, 0.6) is 0 Å². The summed E-state index contributed by atoms with van der Waals surface area (Å²) < 4.78 is 12.2. The molecule has 1 fully saturated rings. The first kappa shape index (κ1) is 26.7. The molecular weight excluding hydrogens is 405 g/mol. The first-order valence-corrected chi connectivity index (χ1v) is 11.7. The van der Waals surface area contributed by atoms with Crippen LogP contribution >= 0.6 is 0 Å². The first-order valence-electron chi connectivity index (χ1n) is 11.7. The summed E-state index contributed by atoms with van der Waals surface area (Å²) in [4.78, 5) is 13.5. The van der Waals surface area contributed by atoms with Crippen LogP contribution in [-0.4, -0.2) is 51.7 Å². The van der Waals surface area contributed by atoms with Crippen molar-refractivity contribution < 1.29 is 24.3 Å². The Kier molecular flexibility index (Phi) is 8.12. The van der Waals surface area contributed by atoms with Crippen LogP contribution in [0.4, 0.5) is 4.79 Å². The van der Waals surface area contributed by atoms with Crippen LogP contribution in [0.2, 0.25) is 0 Å². The lowest BCUT2D eigenvalue weighted by Crippen LogP contribution is -2.41. The lowest BCUT2D eigenvalue weighted by molar-refractivity contribution is 0.00578. The van der Waals surface area contributed by atoms with E-state index in [1.807, 2.05) is 72.7 Å². The van der Waals surface area contributed by atoms with Crippen LogP contribution in [0.3, 0.4) is 0 Å². The van der Waals surface area contributed by atoms with Crippen LogP contribution < -0.4 is 5.46 Å². The van der Waals surface area contributed by atoms with Gasteiger partial charge < -0.3 is 24.4 Å². The van der Waals surface area contributed by atoms with Crippen molar-refractivity contribution in [2.45, 2.75) is 98.0 Å². The van der Waals surface area contributed by atoms with Crippen LogP contribution in [0.1, 0.15) is 86.8 Å². The maximum atomic E-state index is 12.0.